The summed E-state index contributed by atoms with van der Waals surface area (Å²) in [6, 6.07) is 13.5. The van der Waals surface area contributed by atoms with E-state index in [4.69, 9.17) is 4.74 Å². The summed E-state index contributed by atoms with van der Waals surface area (Å²) in [5.41, 5.74) is 1.58. The summed E-state index contributed by atoms with van der Waals surface area (Å²) in [7, 11) is 1.61. The van der Waals surface area contributed by atoms with Gasteiger partial charge in [0.1, 0.15) is 6.04 Å². The summed E-state index contributed by atoms with van der Waals surface area (Å²) in [5, 5.41) is 14.3. The Morgan fingerprint density at radius 1 is 1.19 bits per heavy atom. The summed E-state index contributed by atoms with van der Waals surface area (Å²) in [6.07, 6.45) is 5.44. The number of nitro benzene ring substituents is 1. The van der Waals surface area contributed by atoms with Crippen LogP contribution in [0.2, 0.25) is 0 Å². The van der Waals surface area contributed by atoms with Crippen LogP contribution in [0.15, 0.2) is 53.0 Å². The first-order valence-electron chi connectivity index (χ1n) is 10.6. The van der Waals surface area contributed by atoms with E-state index in [0.29, 0.717) is 13.2 Å². The van der Waals surface area contributed by atoms with E-state index >= 15 is 0 Å². The van der Waals surface area contributed by atoms with E-state index in [-0.39, 0.29) is 17.6 Å². The molecule has 1 unspecified atom stereocenters. The predicted octanol–water partition coefficient (Wildman–Crippen LogP) is 5.00. The lowest BCUT2D eigenvalue weighted by Gasteiger charge is -2.35. The molecule has 0 bridgehead atoms. The molecule has 0 aromatic heterocycles. The fraction of sp³-hybridized carbons (Fsp3) is 0.435. The zero-order valence-corrected chi connectivity index (χ0v) is 19.2. The monoisotopic (exact) mass is 489 g/mol. The molecule has 0 spiro atoms. The highest BCUT2D eigenvalue weighted by Gasteiger charge is 2.31. The maximum atomic E-state index is 13.6. The summed E-state index contributed by atoms with van der Waals surface area (Å²) in [4.78, 5) is 26.2. The maximum Gasteiger partial charge on any atom is 0.269 e. The smallest absolute Gasteiger partial charge is 0.269 e. The van der Waals surface area contributed by atoms with Crippen molar-refractivity contribution in [1.82, 2.24) is 5.32 Å². The molecule has 1 saturated carbocycles. The first-order valence-corrected chi connectivity index (χ1v) is 11.4. The van der Waals surface area contributed by atoms with Crippen LogP contribution in [0.4, 0.5) is 11.4 Å². The highest BCUT2D eigenvalue weighted by Crippen LogP contribution is 2.33. The van der Waals surface area contributed by atoms with Gasteiger partial charge < -0.3 is 15.0 Å². The van der Waals surface area contributed by atoms with Crippen molar-refractivity contribution in [3.8, 4) is 0 Å². The van der Waals surface area contributed by atoms with E-state index in [1.807, 2.05) is 29.2 Å². The molecule has 166 valence electrons. The van der Waals surface area contributed by atoms with Crippen LogP contribution < -0.4 is 10.2 Å². The summed E-state index contributed by atoms with van der Waals surface area (Å²) >= 11 is 3.60. The number of rotatable bonds is 9. The SMILES string of the molecule is COCCN(c1ccc([N+](=O)[O-])cc1)C(C(=O)NC1CCCCC1)c1ccccc1Br. The Morgan fingerprint density at radius 2 is 1.87 bits per heavy atom. The predicted molar refractivity (Wildman–Crippen MR) is 124 cm³/mol. The van der Waals surface area contributed by atoms with Crippen molar-refractivity contribution in [2.45, 2.75) is 44.2 Å². The van der Waals surface area contributed by atoms with Crippen LogP contribution in [0.3, 0.4) is 0 Å². The number of nitrogens with one attached hydrogen (secondary N) is 1. The molecule has 0 radical (unpaired) electrons. The molecule has 0 saturated heterocycles. The molecular formula is C23H28BrN3O4. The number of hydrogen-bond donors (Lipinski definition) is 1. The highest BCUT2D eigenvalue weighted by molar-refractivity contribution is 9.10. The third kappa shape index (κ3) is 6.04. The van der Waals surface area contributed by atoms with E-state index in [0.717, 1.165) is 41.4 Å². The van der Waals surface area contributed by atoms with Crippen molar-refractivity contribution >= 4 is 33.2 Å². The first kappa shape index (κ1) is 23.2. The number of non-ortho nitro benzene ring substituents is 1. The number of nitro groups is 1. The minimum Gasteiger partial charge on any atom is -0.383 e. The highest BCUT2D eigenvalue weighted by atomic mass is 79.9. The van der Waals surface area contributed by atoms with Crippen LogP contribution in [-0.4, -0.2) is 37.1 Å². The summed E-state index contributed by atoms with van der Waals surface area (Å²) in [6.45, 7) is 0.868. The second-order valence-electron chi connectivity index (χ2n) is 7.73. The molecule has 1 N–H and O–H groups in total. The van der Waals surface area contributed by atoms with Gasteiger partial charge in [-0.1, -0.05) is 53.4 Å². The van der Waals surface area contributed by atoms with Crippen molar-refractivity contribution in [3.05, 3.63) is 68.7 Å². The number of anilines is 1. The Morgan fingerprint density at radius 3 is 2.48 bits per heavy atom. The van der Waals surface area contributed by atoms with Crippen LogP contribution in [0.1, 0.15) is 43.7 Å². The molecule has 3 rings (SSSR count). The lowest BCUT2D eigenvalue weighted by atomic mass is 9.94. The van der Waals surface area contributed by atoms with Crippen LogP contribution >= 0.6 is 15.9 Å². The number of benzene rings is 2. The minimum absolute atomic E-state index is 0.0135. The molecule has 7 nitrogen and oxygen atoms in total. The number of amides is 1. The number of nitrogens with zero attached hydrogens (tertiary/aromatic N) is 2. The number of halogens is 1. The molecular weight excluding hydrogens is 462 g/mol. The van der Waals surface area contributed by atoms with Gasteiger partial charge in [-0.2, -0.15) is 0 Å². The fourth-order valence-electron chi connectivity index (χ4n) is 4.04. The number of hydrogen-bond acceptors (Lipinski definition) is 5. The van der Waals surface area contributed by atoms with Gasteiger partial charge in [0.05, 0.1) is 11.5 Å². The Kier molecular flexibility index (Phi) is 8.43. The zero-order chi connectivity index (χ0) is 22.2. The van der Waals surface area contributed by atoms with Crippen molar-refractivity contribution in [2.75, 3.05) is 25.2 Å². The topological polar surface area (TPSA) is 84.7 Å². The number of methoxy groups -OCH3 is 1. The molecule has 1 fully saturated rings. The van der Waals surface area contributed by atoms with Gasteiger partial charge in [-0.05, 0) is 36.6 Å². The van der Waals surface area contributed by atoms with Gasteiger partial charge in [0, 0.05) is 42.0 Å². The number of ether oxygens (including phenoxy) is 1. The standard InChI is InChI=1S/C23H28BrN3O4/c1-31-16-15-26(18-11-13-19(14-12-18)27(29)30)22(20-9-5-6-10-21(20)24)23(28)25-17-7-3-2-4-8-17/h5-6,9-14,17,22H,2-4,7-8,15-16H2,1H3,(H,25,28). The van der Waals surface area contributed by atoms with Crippen molar-refractivity contribution in [2.24, 2.45) is 0 Å². The molecule has 8 heteroatoms. The molecule has 1 amide bonds. The zero-order valence-electron chi connectivity index (χ0n) is 17.6. The Balaban J connectivity index is 1.98. The Labute approximate surface area is 191 Å². The summed E-state index contributed by atoms with van der Waals surface area (Å²) < 4.78 is 6.14. The quantitative estimate of drug-likeness (QED) is 0.395. The van der Waals surface area contributed by atoms with Gasteiger partial charge in [0.2, 0.25) is 5.91 Å². The molecule has 0 aliphatic heterocycles. The third-order valence-electron chi connectivity index (χ3n) is 5.64. The van der Waals surface area contributed by atoms with Crippen molar-refractivity contribution in [1.29, 1.82) is 0 Å². The van der Waals surface area contributed by atoms with Crippen LogP contribution in [0, 0.1) is 10.1 Å². The number of carbonyl (C=O) groups excluding carboxylic acids is 1. The maximum absolute atomic E-state index is 13.6. The van der Waals surface area contributed by atoms with Crippen LogP contribution in [-0.2, 0) is 9.53 Å². The number of carbonyl (C=O) groups is 1. The van der Waals surface area contributed by atoms with E-state index in [2.05, 4.69) is 21.2 Å². The van der Waals surface area contributed by atoms with E-state index in [1.165, 1.54) is 18.6 Å². The van der Waals surface area contributed by atoms with Crippen molar-refractivity contribution < 1.29 is 14.5 Å². The van der Waals surface area contributed by atoms with Gasteiger partial charge in [0.15, 0.2) is 0 Å². The van der Waals surface area contributed by atoms with Gasteiger partial charge in [0.25, 0.3) is 5.69 Å². The van der Waals surface area contributed by atoms with Gasteiger partial charge in [-0.3, -0.25) is 14.9 Å². The van der Waals surface area contributed by atoms with Gasteiger partial charge in [-0.15, -0.1) is 0 Å². The largest absolute Gasteiger partial charge is 0.383 e. The second kappa shape index (κ2) is 11.2. The molecule has 1 aliphatic rings. The minimum atomic E-state index is -0.603. The molecule has 0 heterocycles. The Bertz CT molecular complexity index is 885. The lowest BCUT2D eigenvalue weighted by molar-refractivity contribution is -0.384. The fourth-order valence-corrected chi connectivity index (χ4v) is 4.54. The lowest BCUT2D eigenvalue weighted by Crippen LogP contribution is -2.46. The summed E-state index contributed by atoms with van der Waals surface area (Å²) in [5.74, 6) is -0.0757. The van der Waals surface area contributed by atoms with E-state index < -0.39 is 11.0 Å². The molecule has 31 heavy (non-hydrogen) atoms. The Hall–Kier alpha value is -2.45. The second-order valence-corrected chi connectivity index (χ2v) is 8.58. The molecule has 2 aromatic carbocycles. The normalized spacial score (nSPS) is 15.3. The third-order valence-corrected chi connectivity index (χ3v) is 6.36. The average Bonchev–Trinajstić information content (AvgIpc) is 2.78. The van der Waals surface area contributed by atoms with Gasteiger partial charge >= 0.3 is 0 Å². The average molecular weight is 490 g/mol. The van der Waals surface area contributed by atoms with Crippen LogP contribution in [0.5, 0.6) is 0 Å². The van der Waals surface area contributed by atoms with E-state index in [9.17, 15) is 14.9 Å². The van der Waals surface area contributed by atoms with E-state index in [1.54, 1.807) is 19.2 Å². The van der Waals surface area contributed by atoms with Crippen LogP contribution in [0.25, 0.3) is 0 Å². The van der Waals surface area contributed by atoms with Crippen molar-refractivity contribution in [3.63, 3.8) is 0 Å². The first-order chi connectivity index (χ1) is 15.0. The molecule has 1 aliphatic carbocycles. The van der Waals surface area contributed by atoms with Gasteiger partial charge in [-0.25, -0.2) is 0 Å². The molecule has 2 aromatic rings. The molecule has 1 atom stereocenters.